The zero-order chi connectivity index (χ0) is 19.7. The Morgan fingerprint density at radius 2 is 1.69 bits per heavy atom. The van der Waals surface area contributed by atoms with Gasteiger partial charge in [0.15, 0.2) is 0 Å². The molecule has 0 aliphatic rings. The molecule has 0 aliphatic heterocycles. The summed E-state index contributed by atoms with van der Waals surface area (Å²) in [5, 5.41) is 22.8. The fraction of sp³-hybridized carbons (Fsp3) is 0.300. The standard InChI is InChI=1S/C10H15NO2.C8H8N2.C2H7N/c1-6(2)8-3-7(5-11)9(12)4-10(8)13;9-7-1-2-8-6(5-7)3-4-10-8;1-3-2/h3-4,6,12-13H,5,11H2,1-2H3;1-5,10H,9H2;3H,1-2H3. The van der Waals surface area contributed by atoms with Gasteiger partial charge in [-0.2, -0.15) is 0 Å². The second-order valence-electron chi connectivity index (χ2n) is 6.22. The summed E-state index contributed by atoms with van der Waals surface area (Å²) >= 11 is 0. The molecular weight excluding hydrogens is 328 g/mol. The lowest BCUT2D eigenvalue weighted by molar-refractivity contribution is 0.440. The van der Waals surface area contributed by atoms with E-state index in [4.69, 9.17) is 11.5 Å². The van der Waals surface area contributed by atoms with Gasteiger partial charge in [0.05, 0.1) is 0 Å². The number of aromatic amines is 1. The van der Waals surface area contributed by atoms with Crippen LogP contribution >= 0.6 is 0 Å². The van der Waals surface area contributed by atoms with Crippen molar-refractivity contribution in [2.45, 2.75) is 26.3 Å². The maximum absolute atomic E-state index is 9.48. The van der Waals surface area contributed by atoms with E-state index in [1.807, 2.05) is 58.4 Å². The van der Waals surface area contributed by atoms with Crippen LogP contribution in [-0.2, 0) is 6.54 Å². The van der Waals surface area contributed by atoms with Gasteiger partial charge < -0.3 is 32.0 Å². The Morgan fingerprint density at radius 3 is 2.27 bits per heavy atom. The van der Waals surface area contributed by atoms with Crippen LogP contribution < -0.4 is 16.8 Å². The van der Waals surface area contributed by atoms with Crippen molar-refractivity contribution in [1.29, 1.82) is 0 Å². The maximum atomic E-state index is 9.48. The first-order valence-corrected chi connectivity index (χ1v) is 8.49. The number of phenols is 2. The molecule has 0 radical (unpaired) electrons. The van der Waals surface area contributed by atoms with Gasteiger partial charge in [0.1, 0.15) is 11.5 Å². The van der Waals surface area contributed by atoms with Crippen molar-refractivity contribution in [3.8, 4) is 11.5 Å². The molecule has 3 rings (SSSR count). The summed E-state index contributed by atoms with van der Waals surface area (Å²) in [6, 6.07) is 10.9. The number of fused-ring (bicyclic) bond motifs is 1. The Bertz CT molecular complexity index is 813. The van der Waals surface area contributed by atoms with Crippen molar-refractivity contribution in [1.82, 2.24) is 10.3 Å². The molecule has 0 atom stereocenters. The molecule has 26 heavy (non-hydrogen) atoms. The first-order chi connectivity index (χ1) is 12.3. The molecule has 2 aromatic carbocycles. The monoisotopic (exact) mass is 358 g/mol. The molecule has 0 spiro atoms. The van der Waals surface area contributed by atoms with Crippen LogP contribution in [0, 0.1) is 0 Å². The second kappa shape index (κ2) is 10.3. The Balaban J connectivity index is 0.000000231. The van der Waals surface area contributed by atoms with Crippen LogP contribution in [0.15, 0.2) is 42.6 Å². The minimum Gasteiger partial charge on any atom is -0.508 e. The molecule has 0 aliphatic carbocycles. The molecule has 6 nitrogen and oxygen atoms in total. The Kier molecular flexibility index (Phi) is 8.48. The molecule has 1 heterocycles. The third-order valence-corrected chi connectivity index (χ3v) is 3.65. The highest BCUT2D eigenvalue weighted by Crippen LogP contribution is 2.31. The number of nitrogens with one attached hydrogen (secondary N) is 2. The van der Waals surface area contributed by atoms with Gasteiger partial charge in [-0.25, -0.2) is 0 Å². The number of nitrogens with two attached hydrogens (primary N) is 2. The third-order valence-electron chi connectivity index (χ3n) is 3.65. The SMILES string of the molecule is CC(C)c1cc(CN)c(O)cc1O.CNC.Nc1ccc2[nH]ccc2c1. The topological polar surface area (TPSA) is 120 Å². The van der Waals surface area contributed by atoms with Crippen LogP contribution in [0.2, 0.25) is 0 Å². The number of hydrogen-bond acceptors (Lipinski definition) is 5. The Hall–Kier alpha value is -2.70. The van der Waals surface area contributed by atoms with E-state index < -0.39 is 0 Å². The first kappa shape index (κ1) is 21.3. The molecule has 0 saturated carbocycles. The zero-order valence-electron chi connectivity index (χ0n) is 15.9. The molecule has 3 aromatic rings. The van der Waals surface area contributed by atoms with Crippen LogP contribution in [-0.4, -0.2) is 29.3 Å². The van der Waals surface area contributed by atoms with E-state index in [1.54, 1.807) is 6.07 Å². The summed E-state index contributed by atoms with van der Waals surface area (Å²) in [6.07, 6.45) is 1.91. The van der Waals surface area contributed by atoms with Gasteiger partial charge in [-0.15, -0.1) is 0 Å². The molecule has 0 amide bonds. The van der Waals surface area contributed by atoms with Crippen molar-refractivity contribution < 1.29 is 10.2 Å². The number of aromatic hydroxyl groups is 2. The van der Waals surface area contributed by atoms with Gasteiger partial charge in [-0.05, 0) is 55.9 Å². The van der Waals surface area contributed by atoms with Crippen LogP contribution in [0.5, 0.6) is 11.5 Å². The van der Waals surface area contributed by atoms with Gasteiger partial charge >= 0.3 is 0 Å². The van der Waals surface area contributed by atoms with Gasteiger partial charge in [0, 0.05) is 41.0 Å². The molecule has 1 aromatic heterocycles. The predicted molar refractivity (Wildman–Crippen MR) is 109 cm³/mol. The highest BCUT2D eigenvalue weighted by atomic mass is 16.3. The lowest BCUT2D eigenvalue weighted by atomic mass is 9.99. The summed E-state index contributed by atoms with van der Waals surface area (Å²) in [5.74, 6) is 0.417. The molecule has 142 valence electrons. The fourth-order valence-corrected chi connectivity index (χ4v) is 2.34. The Morgan fingerprint density at radius 1 is 1.04 bits per heavy atom. The van der Waals surface area contributed by atoms with Crippen molar-refractivity contribution in [2.24, 2.45) is 5.73 Å². The van der Waals surface area contributed by atoms with Crippen LogP contribution in [0.1, 0.15) is 30.9 Å². The number of phenolic OH excluding ortho intramolecular Hbond substituents is 2. The minimum atomic E-state index is 0.0596. The fourth-order valence-electron chi connectivity index (χ4n) is 2.34. The molecule has 0 saturated heterocycles. The smallest absolute Gasteiger partial charge is 0.123 e. The van der Waals surface area contributed by atoms with Gasteiger partial charge in [0.25, 0.3) is 0 Å². The summed E-state index contributed by atoms with van der Waals surface area (Å²) in [7, 11) is 3.75. The van der Waals surface area contributed by atoms with E-state index in [0.29, 0.717) is 5.56 Å². The number of hydrogen-bond donors (Lipinski definition) is 6. The first-order valence-electron chi connectivity index (χ1n) is 8.49. The average molecular weight is 358 g/mol. The minimum absolute atomic E-state index is 0.0596. The number of rotatable bonds is 2. The number of aromatic nitrogens is 1. The second-order valence-corrected chi connectivity index (χ2v) is 6.22. The van der Waals surface area contributed by atoms with Gasteiger partial charge in [0.2, 0.25) is 0 Å². The molecule has 0 fully saturated rings. The summed E-state index contributed by atoms with van der Waals surface area (Å²) < 4.78 is 0. The van der Waals surface area contributed by atoms with E-state index in [9.17, 15) is 10.2 Å². The average Bonchev–Trinajstić information content (AvgIpc) is 3.03. The molecule has 0 bridgehead atoms. The summed E-state index contributed by atoms with van der Waals surface area (Å²) in [4.78, 5) is 3.09. The van der Waals surface area contributed by atoms with Crippen LogP contribution in [0.25, 0.3) is 10.9 Å². The predicted octanol–water partition coefficient (Wildman–Crippen LogP) is 3.27. The number of benzene rings is 2. The number of nitrogen functional groups attached to an aromatic ring is 1. The van der Waals surface area contributed by atoms with E-state index >= 15 is 0 Å². The van der Waals surface area contributed by atoms with E-state index in [-0.39, 0.29) is 24.0 Å². The van der Waals surface area contributed by atoms with Crippen molar-refractivity contribution in [3.05, 3.63) is 53.7 Å². The van der Waals surface area contributed by atoms with E-state index in [1.165, 1.54) is 11.5 Å². The molecule has 0 unspecified atom stereocenters. The van der Waals surface area contributed by atoms with Crippen molar-refractivity contribution in [3.63, 3.8) is 0 Å². The number of anilines is 1. The van der Waals surface area contributed by atoms with Crippen LogP contribution in [0.4, 0.5) is 5.69 Å². The maximum Gasteiger partial charge on any atom is 0.123 e. The third kappa shape index (κ3) is 5.98. The number of H-pyrrole nitrogens is 1. The highest BCUT2D eigenvalue weighted by molar-refractivity contribution is 5.82. The summed E-state index contributed by atoms with van der Waals surface area (Å²) in [6.45, 7) is 4.24. The van der Waals surface area contributed by atoms with Crippen LogP contribution in [0.3, 0.4) is 0 Å². The highest BCUT2D eigenvalue weighted by Gasteiger charge is 2.09. The largest absolute Gasteiger partial charge is 0.508 e. The normalized spacial score (nSPS) is 10.1. The van der Waals surface area contributed by atoms with Crippen molar-refractivity contribution >= 4 is 16.6 Å². The van der Waals surface area contributed by atoms with Crippen molar-refractivity contribution in [2.75, 3.05) is 19.8 Å². The lowest BCUT2D eigenvalue weighted by Gasteiger charge is -2.11. The Labute approximate surface area is 154 Å². The molecular formula is C20H30N4O2. The summed E-state index contributed by atoms with van der Waals surface area (Å²) in [5.41, 5.74) is 14.4. The van der Waals surface area contributed by atoms with E-state index in [2.05, 4.69) is 10.3 Å². The molecule has 6 heteroatoms. The van der Waals surface area contributed by atoms with Gasteiger partial charge in [-0.1, -0.05) is 13.8 Å². The lowest BCUT2D eigenvalue weighted by Crippen LogP contribution is -1.99. The molecule has 8 N–H and O–H groups in total. The van der Waals surface area contributed by atoms with E-state index in [0.717, 1.165) is 16.8 Å². The zero-order valence-corrected chi connectivity index (χ0v) is 15.9. The quantitative estimate of drug-likeness (QED) is 0.393. The van der Waals surface area contributed by atoms with Gasteiger partial charge in [-0.3, -0.25) is 0 Å².